The van der Waals surface area contributed by atoms with Gasteiger partial charge in [0.15, 0.2) is 0 Å². The van der Waals surface area contributed by atoms with Crippen LogP contribution < -0.4 is 11.1 Å². The Balaban J connectivity index is 2.29. The highest BCUT2D eigenvalue weighted by Crippen LogP contribution is 2.32. The van der Waals surface area contributed by atoms with Gasteiger partial charge in [0.2, 0.25) is 0 Å². The Kier molecular flexibility index (Phi) is 4.69. The van der Waals surface area contributed by atoms with Crippen LogP contribution in [0.1, 0.15) is 44.0 Å². The van der Waals surface area contributed by atoms with E-state index in [1.54, 1.807) is 10.7 Å². The third kappa shape index (κ3) is 3.27. The molecule has 1 unspecified atom stereocenters. The number of anilines is 2. The molecular weight excluding hydrogens is 307 g/mol. The van der Waals surface area contributed by atoms with Crippen molar-refractivity contribution in [3.05, 3.63) is 39.5 Å². The minimum Gasteiger partial charge on any atom is -0.394 e. The quantitative estimate of drug-likeness (QED) is 0.862. The Morgan fingerprint density at radius 3 is 2.43 bits per heavy atom. The first-order valence-corrected chi connectivity index (χ1v) is 7.60. The summed E-state index contributed by atoms with van der Waals surface area (Å²) in [6.07, 6.45) is 0. The molecule has 0 fully saturated rings. The van der Waals surface area contributed by atoms with Gasteiger partial charge in [0.05, 0.1) is 17.4 Å². The summed E-state index contributed by atoms with van der Waals surface area (Å²) < 4.78 is 1.77. The van der Waals surface area contributed by atoms with E-state index >= 15 is 0 Å². The molecule has 0 saturated heterocycles. The van der Waals surface area contributed by atoms with Crippen LogP contribution in [-0.2, 0) is 7.05 Å². The van der Waals surface area contributed by atoms with Gasteiger partial charge >= 0.3 is 0 Å². The second kappa shape index (κ2) is 6.16. The average Bonchev–Trinajstić information content (AvgIpc) is 2.66. The summed E-state index contributed by atoms with van der Waals surface area (Å²) in [5.74, 6) is 1.08. The van der Waals surface area contributed by atoms with E-state index in [-0.39, 0.29) is 12.0 Å². The summed E-state index contributed by atoms with van der Waals surface area (Å²) in [4.78, 5) is 0. The second-order valence-electron chi connectivity index (χ2n) is 5.46. The van der Waals surface area contributed by atoms with Gasteiger partial charge in [-0.2, -0.15) is 5.10 Å². The van der Waals surface area contributed by atoms with Gasteiger partial charge < -0.3 is 11.1 Å². The predicted molar refractivity (Wildman–Crippen MR) is 90.2 cm³/mol. The van der Waals surface area contributed by atoms with Crippen molar-refractivity contribution in [1.82, 2.24) is 9.78 Å². The van der Waals surface area contributed by atoms with E-state index in [2.05, 4.69) is 24.3 Å². The summed E-state index contributed by atoms with van der Waals surface area (Å²) in [5.41, 5.74) is 8.74. The minimum atomic E-state index is -0.00696. The zero-order chi connectivity index (χ0) is 15.7. The molecule has 1 heterocycles. The van der Waals surface area contributed by atoms with Crippen LogP contribution in [0.25, 0.3) is 0 Å². The molecule has 2 rings (SSSR count). The number of halogens is 2. The zero-order valence-corrected chi connectivity index (χ0v) is 14.1. The van der Waals surface area contributed by atoms with Gasteiger partial charge in [0.1, 0.15) is 5.82 Å². The summed E-state index contributed by atoms with van der Waals surface area (Å²) in [7, 11) is 1.88. The molecule has 0 saturated carbocycles. The standard InChI is InChI=1S/C15H20Cl2N4/c1-8(2)14-13(18)15(21(4)20-14)19-9(3)11-6-5-10(16)7-12(11)17/h5-9,19H,18H2,1-4H3. The number of nitrogens with one attached hydrogen (secondary N) is 1. The minimum absolute atomic E-state index is 0.00696. The highest BCUT2D eigenvalue weighted by atomic mass is 35.5. The van der Waals surface area contributed by atoms with Crippen LogP contribution in [0.4, 0.5) is 11.5 Å². The number of hydrogen-bond acceptors (Lipinski definition) is 3. The van der Waals surface area contributed by atoms with Crippen LogP contribution >= 0.6 is 23.2 Å². The molecule has 0 aliphatic carbocycles. The van der Waals surface area contributed by atoms with Crippen LogP contribution in [0.3, 0.4) is 0 Å². The lowest BCUT2D eigenvalue weighted by molar-refractivity contribution is 0.708. The van der Waals surface area contributed by atoms with Gasteiger partial charge in [-0.25, -0.2) is 0 Å². The fraction of sp³-hybridized carbons (Fsp3) is 0.400. The Hall–Kier alpha value is -1.39. The van der Waals surface area contributed by atoms with E-state index in [1.807, 2.05) is 26.1 Å². The number of nitrogens with zero attached hydrogens (tertiary/aromatic N) is 2. The van der Waals surface area contributed by atoms with Crippen LogP contribution in [0.5, 0.6) is 0 Å². The van der Waals surface area contributed by atoms with Crippen molar-refractivity contribution in [2.75, 3.05) is 11.1 Å². The van der Waals surface area contributed by atoms with Crippen LogP contribution in [-0.4, -0.2) is 9.78 Å². The van der Waals surface area contributed by atoms with E-state index in [9.17, 15) is 0 Å². The molecule has 0 bridgehead atoms. The monoisotopic (exact) mass is 326 g/mol. The maximum Gasteiger partial charge on any atom is 0.148 e. The number of nitrogens with two attached hydrogens (primary N) is 1. The normalized spacial score (nSPS) is 12.7. The van der Waals surface area contributed by atoms with Crippen molar-refractivity contribution in [3.8, 4) is 0 Å². The molecule has 1 atom stereocenters. The molecule has 4 nitrogen and oxygen atoms in total. The first-order valence-electron chi connectivity index (χ1n) is 6.85. The van der Waals surface area contributed by atoms with Gasteiger partial charge in [-0.3, -0.25) is 4.68 Å². The van der Waals surface area contributed by atoms with E-state index in [0.29, 0.717) is 15.7 Å². The molecule has 0 aliphatic rings. The third-order valence-electron chi connectivity index (χ3n) is 3.44. The van der Waals surface area contributed by atoms with Crippen molar-refractivity contribution in [2.24, 2.45) is 7.05 Å². The predicted octanol–water partition coefficient (Wildman–Crippen LogP) is 4.61. The van der Waals surface area contributed by atoms with Crippen molar-refractivity contribution >= 4 is 34.7 Å². The van der Waals surface area contributed by atoms with Crippen molar-refractivity contribution in [1.29, 1.82) is 0 Å². The Morgan fingerprint density at radius 1 is 1.24 bits per heavy atom. The van der Waals surface area contributed by atoms with Crippen molar-refractivity contribution < 1.29 is 0 Å². The fourth-order valence-electron chi connectivity index (χ4n) is 2.29. The maximum atomic E-state index is 6.25. The van der Waals surface area contributed by atoms with Crippen LogP contribution in [0.2, 0.25) is 10.0 Å². The Bertz CT molecular complexity index is 649. The molecular formula is C15H20Cl2N4. The molecule has 2 aromatic rings. The zero-order valence-electron chi connectivity index (χ0n) is 12.6. The second-order valence-corrected chi connectivity index (χ2v) is 6.30. The average molecular weight is 327 g/mol. The molecule has 0 amide bonds. The number of nitrogen functional groups attached to an aromatic ring is 1. The lowest BCUT2D eigenvalue weighted by Crippen LogP contribution is -2.11. The van der Waals surface area contributed by atoms with Crippen LogP contribution in [0, 0.1) is 0 Å². The molecule has 0 spiro atoms. The lowest BCUT2D eigenvalue weighted by Gasteiger charge is -2.17. The van der Waals surface area contributed by atoms with Gasteiger partial charge in [-0.15, -0.1) is 0 Å². The van der Waals surface area contributed by atoms with Gasteiger partial charge in [0.25, 0.3) is 0 Å². The van der Waals surface area contributed by atoms with E-state index < -0.39 is 0 Å². The van der Waals surface area contributed by atoms with Crippen LogP contribution in [0.15, 0.2) is 18.2 Å². The molecule has 0 aliphatic heterocycles. The number of aromatic nitrogens is 2. The number of aryl methyl sites for hydroxylation is 1. The van der Waals surface area contributed by atoms with Gasteiger partial charge in [0, 0.05) is 17.1 Å². The fourth-order valence-corrected chi connectivity index (χ4v) is 2.87. The third-order valence-corrected chi connectivity index (χ3v) is 4.00. The first kappa shape index (κ1) is 16.0. The number of rotatable bonds is 4. The Morgan fingerprint density at radius 2 is 1.90 bits per heavy atom. The summed E-state index contributed by atoms with van der Waals surface area (Å²) in [6.45, 7) is 6.17. The molecule has 6 heteroatoms. The highest BCUT2D eigenvalue weighted by Gasteiger charge is 2.18. The molecule has 1 aromatic heterocycles. The summed E-state index contributed by atoms with van der Waals surface area (Å²) in [5, 5.41) is 9.10. The summed E-state index contributed by atoms with van der Waals surface area (Å²) >= 11 is 12.2. The summed E-state index contributed by atoms with van der Waals surface area (Å²) in [6, 6.07) is 5.47. The molecule has 114 valence electrons. The largest absolute Gasteiger partial charge is 0.394 e. The molecule has 21 heavy (non-hydrogen) atoms. The molecule has 1 aromatic carbocycles. The van der Waals surface area contributed by atoms with Crippen molar-refractivity contribution in [3.63, 3.8) is 0 Å². The topological polar surface area (TPSA) is 55.9 Å². The smallest absolute Gasteiger partial charge is 0.148 e. The lowest BCUT2D eigenvalue weighted by atomic mass is 10.1. The van der Waals surface area contributed by atoms with Gasteiger partial charge in [-0.05, 0) is 30.5 Å². The van der Waals surface area contributed by atoms with Gasteiger partial charge in [-0.1, -0.05) is 43.1 Å². The number of hydrogen-bond donors (Lipinski definition) is 2. The maximum absolute atomic E-state index is 6.25. The van der Waals surface area contributed by atoms with E-state index in [1.165, 1.54) is 0 Å². The molecule has 3 N–H and O–H groups in total. The van der Waals surface area contributed by atoms with E-state index in [4.69, 9.17) is 28.9 Å². The Labute approximate surface area is 135 Å². The van der Waals surface area contributed by atoms with E-state index in [0.717, 1.165) is 17.1 Å². The first-order chi connectivity index (χ1) is 9.81. The SMILES string of the molecule is CC(C)c1nn(C)c(NC(C)c2ccc(Cl)cc2Cl)c1N. The van der Waals surface area contributed by atoms with Crippen molar-refractivity contribution in [2.45, 2.75) is 32.7 Å². The highest BCUT2D eigenvalue weighted by molar-refractivity contribution is 6.35. The molecule has 0 radical (unpaired) electrons. The number of benzene rings is 1.